The number of rotatable bonds is 3. The summed E-state index contributed by atoms with van der Waals surface area (Å²) in [5, 5.41) is 0. The van der Waals surface area contributed by atoms with Crippen molar-refractivity contribution in [2.75, 3.05) is 25.1 Å². The summed E-state index contributed by atoms with van der Waals surface area (Å²) in [5.41, 5.74) is 9.44. The van der Waals surface area contributed by atoms with Gasteiger partial charge in [0, 0.05) is 23.9 Å². The van der Waals surface area contributed by atoms with E-state index in [9.17, 15) is 0 Å². The van der Waals surface area contributed by atoms with Gasteiger partial charge in [-0.05, 0) is 49.6 Å². The first-order chi connectivity index (χ1) is 9.25. The van der Waals surface area contributed by atoms with Crippen molar-refractivity contribution in [2.45, 2.75) is 37.3 Å². The minimum Gasteiger partial charge on any atom is -0.329 e. The highest BCUT2D eigenvalue weighted by Gasteiger charge is 2.40. The Bertz CT molecular complexity index is 442. The second kappa shape index (κ2) is 5.47. The zero-order valence-electron chi connectivity index (χ0n) is 11.8. The van der Waals surface area contributed by atoms with E-state index in [4.69, 9.17) is 5.73 Å². The molecule has 19 heavy (non-hydrogen) atoms. The van der Waals surface area contributed by atoms with Gasteiger partial charge in [0.1, 0.15) is 0 Å². The molecule has 3 heteroatoms. The van der Waals surface area contributed by atoms with Gasteiger partial charge in [-0.2, -0.15) is 11.8 Å². The second-order valence-electron chi connectivity index (χ2n) is 6.00. The summed E-state index contributed by atoms with van der Waals surface area (Å²) in [6, 6.07) is 9.61. The third kappa shape index (κ3) is 2.44. The van der Waals surface area contributed by atoms with Gasteiger partial charge in [0.2, 0.25) is 0 Å². The molecule has 1 aromatic carbocycles. The zero-order valence-corrected chi connectivity index (χ0v) is 12.6. The van der Waals surface area contributed by atoms with Crippen LogP contribution in [-0.4, -0.2) is 41.6 Å². The van der Waals surface area contributed by atoms with Gasteiger partial charge in [-0.25, -0.2) is 0 Å². The quantitative estimate of drug-likeness (QED) is 0.918. The van der Waals surface area contributed by atoms with E-state index in [0.29, 0.717) is 0 Å². The maximum atomic E-state index is 6.22. The molecule has 1 fully saturated rings. The van der Waals surface area contributed by atoms with Crippen LogP contribution < -0.4 is 5.73 Å². The van der Waals surface area contributed by atoms with Crippen molar-refractivity contribution < 1.29 is 0 Å². The van der Waals surface area contributed by atoms with Crippen molar-refractivity contribution >= 4 is 11.8 Å². The zero-order chi connectivity index (χ0) is 13.3. The van der Waals surface area contributed by atoms with Crippen molar-refractivity contribution in [3.8, 4) is 0 Å². The van der Waals surface area contributed by atoms with Gasteiger partial charge in [-0.1, -0.05) is 24.3 Å². The SMILES string of the molecule is CN(C1CCSC1)C1(CN)CCc2ccccc2C1. The monoisotopic (exact) mass is 276 g/mol. The summed E-state index contributed by atoms with van der Waals surface area (Å²) in [7, 11) is 2.30. The van der Waals surface area contributed by atoms with Crippen LogP contribution in [0, 0.1) is 0 Å². The van der Waals surface area contributed by atoms with E-state index in [-0.39, 0.29) is 5.54 Å². The summed E-state index contributed by atoms with van der Waals surface area (Å²) in [5.74, 6) is 2.59. The number of hydrogen-bond donors (Lipinski definition) is 1. The standard InChI is InChI=1S/C16H24N2S/c1-18(15-7-9-19-11-15)16(12-17)8-6-13-4-2-3-5-14(13)10-16/h2-5,15H,6-12,17H2,1H3. The molecule has 2 unspecified atom stereocenters. The molecule has 1 heterocycles. The molecule has 1 saturated heterocycles. The van der Waals surface area contributed by atoms with Crippen LogP contribution in [0.5, 0.6) is 0 Å². The third-order valence-electron chi connectivity index (χ3n) is 5.08. The first-order valence-electron chi connectivity index (χ1n) is 7.33. The minimum absolute atomic E-state index is 0.184. The van der Waals surface area contributed by atoms with Crippen LogP contribution in [0.2, 0.25) is 0 Å². The van der Waals surface area contributed by atoms with E-state index in [1.54, 1.807) is 0 Å². The van der Waals surface area contributed by atoms with E-state index in [1.165, 1.54) is 41.9 Å². The van der Waals surface area contributed by atoms with Crippen LogP contribution in [0.3, 0.4) is 0 Å². The lowest BCUT2D eigenvalue weighted by Gasteiger charge is -2.47. The van der Waals surface area contributed by atoms with Crippen molar-refractivity contribution in [3.05, 3.63) is 35.4 Å². The fourth-order valence-corrected chi connectivity index (χ4v) is 4.89. The number of nitrogens with zero attached hydrogens (tertiary/aromatic N) is 1. The molecule has 2 nitrogen and oxygen atoms in total. The minimum atomic E-state index is 0.184. The number of hydrogen-bond acceptors (Lipinski definition) is 3. The summed E-state index contributed by atoms with van der Waals surface area (Å²) in [6.07, 6.45) is 4.83. The predicted molar refractivity (Wildman–Crippen MR) is 83.7 cm³/mol. The molecule has 2 N–H and O–H groups in total. The average molecular weight is 276 g/mol. The molecule has 2 aliphatic rings. The molecule has 0 saturated carbocycles. The van der Waals surface area contributed by atoms with Crippen LogP contribution in [-0.2, 0) is 12.8 Å². The van der Waals surface area contributed by atoms with E-state index in [0.717, 1.165) is 19.0 Å². The normalized spacial score (nSPS) is 30.6. The molecule has 1 aliphatic carbocycles. The van der Waals surface area contributed by atoms with Crippen molar-refractivity contribution in [1.82, 2.24) is 4.90 Å². The van der Waals surface area contributed by atoms with Gasteiger partial charge >= 0.3 is 0 Å². The number of fused-ring (bicyclic) bond motifs is 1. The Balaban J connectivity index is 1.84. The van der Waals surface area contributed by atoms with E-state index >= 15 is 0 Å². The molecule has 0 amide bonds. The molecule has 0 radical (unpaired) electrons. The van der Waals surface area contributed by atoms with Gasteiger partial charge in [0.15, 0.2) is 0 Å². The van der Waals surface area contributed by atoms with Crippen molar-refractivity contribution in [1.29, 1.82) is 0 Å². The maximum Gasteiger partial charge on any atom is 0.0375 e. The first-order valence-corrected chi connectivity index (χ1v) is 8.48. The van der Waals surface area contributed by atoms with Crippen LogP contribution in [0.25, 0.3) is 0 Å². The van der Waals surface area contributed by atoms with Gasteiger partial charge in [0.25, 0.3) is 0 Å². The molecule has 2 atom stereocenters. The fourth-order valence-electron chi connectivity index (χ4n) is 3.62. The second-order valence-corrected chi connectivity index (χ2v) is 7.15. The Morgan fingerprint density at radius 2 is 2.16 bits per heavy atom. The Kier molecular flexibility index (Phi) is 3.88. The van der Waals surface area contributed by atoms with Crippen LogP contribution >= 0.6 is 11.8 Å². The molecule has 1 aliphatic heterocycles. The maximum absolute atomic E-state index is 6.22. The number of aryl methyl sites for hydroxylation is 1. The van der Waals surface area contributed by atoms with E-state index < -0.39 is 0 Å². The van der Waals surface area contributed by atoms with E-state index in [1.807, 2.05) is 0 Å². The van der Waals surface area contributed by atoms with Crippen LogP contribution in [0.4, 0.5) is 0 Å². The summed E-state index contributed by atoms with van der Waals surface area (Å²) in [4.78, 5) is 2.61. The lowest BCUT2D eigenvalue weighted by atomic mass is 9.76. The summed E-state index contributed by atoms with van der Waals surface area (Å²) < 4.78 is 0. The molecular formula is C16H24N2S. The number of thioether (sulfide) groups is 1. The lowest BCUT2D eigenvalue weighted by molar-refractivity contribution is 0.0736. The smallest absolute Gasteiger partial charge is 0.0375 e. The predicted octanol–water partition coefficient (Wildman–Crippen LogP) is 2.31. The van der Waals surface area contributed by atoms with Crippen LogP contribution in [0.1, 0.15) is 24.0 Å². The van der Waals surface area contributed by atoms with Crippen LogP contribution in [0.15, 0.2) is 24.3 Å². The number of nitrogens with two attached hydrogens (primary N) is 1. The number of benzene rings is 1. The Morgan fingerprint density at radius 3 is 2.84 bits per heavy atom. The molecular weight excluding hydrogens is 252 g/mol. The Labute approximate surface area is 120 Å². The average Bonchev–Trinajstić information content (AvgIpc) is 3.00. The largest absolute Gasteiger partial charge is 0.329 e. The topological polar surface area (TPSA) is 29.3 Å². The van der Waals surface area contributed by atoms with Gasteiger partial charge in [-0.15, -0.1) is 0 Å². The Morgan fingerprint density at radius 1 is 1.37 bits per heavy atom. The highest BCUT2D eigenvalue weighted by molar-refractivity contribution is 7.99. The molecule has 0 aromatic heterocycles. The fraction of sp³-hybridized carbons (Fsp3) is 0.625. The highest BCUT2D eigenvalue weighted by Crippen LogP contribution is 2.35. The first kappa shape index (κ1) is 13.5. The molecule has 0 bridgehead atoms. The summed E-state index contributed by atoms with van der Waals surface area (Å²) in [6.45, 7) is 0.777. The molecule has 3 rings (SSSR count). The van der Waals surface area contributed by atoms with Gasteiger partial charge < -0.3 is 5.73 Å². The van der Waals surface area contributed by atoms with Gasteiger partial charge in [-0.3, -0.25) is 4.90 Å². The van der Waals surface area contributed by atoms with Crippen molar-refractivity contribution in [2.24, 2.45) is 5.73 Å². The molecule has 1 aromatic rings. The number of likely N-dealkylation sites (N-methyl/N-ethyl adjacent to an activating group) is 1. The van der Waals surface area contributed by atoms with Crippen molar-refractivity contribution in [3.63, 3.8) is 0 Å². The Hall–Kier alpha value is -0.510. The van der Waals surface area contributed by atoms with E-state index in [2.05, 4.69) is 48.0 Å². The summed E-state index contributed by atoms with van der Waals surface area (Å²) >= 11 is 2.09. The lowest BCUT2D eigenvalue weighted by Crippen LogP contribution is -2.58. The molecule has 0 spiro atoms. The van der Waals surface area contributed by atoms with Gasteiger partial charge in [0.05, 0.1) is 0 Å². The molecule has 104 valence electrons. The third-order valence-corrected chi connectivity index (χ3v) is 6.22. The highest BCUT2D eigenvalue weighted by atomic mass is 32.2.